The van der Waals surface area contributed by atoms with Gasteiger partial charge in [-0.15, -0.1) is 0 Å². The highest BCUT2D eigenvalue weighted by Gasteiger charge is 2.54. The molecule has 1 amide bonds. The number of hydrogen-bond acceptors (Lipinski definition) is 14. The van der Waals surface area contributed by atoms with Gasteiger partial charge in [-0.05, 0) is 57.4 Å². The number of amides is 1. The maximum atomic E-state index is 15.1. The summed E-state index contributed by atoms with van der Waals surface area (Å²) < 4.78 is 63.6. The zero-order valence-corrected chi connectivity index (χ0v) is 48.9. The number of nitrogens with one attached hydrogen (secondary N) is 1. The average molecular weight is 1230 g/mol. The van der Waals surface area contributed by atoms with Gasteiger partial charge in [0.25, 0.3) is 0 Å². The van der Waals surface area contributed by atoms with Crippen molar-refractivity contribution in [3.8, 4) is 11.5 Å². The fraction of sp³-hybridized carbons (Fsp3) is 0.680. The summed E-state index contributed by atoms with van der Waals surface area (Å²) in [6, 6.07) is 14.3. The fourth-order valence-corrected chi connectivity index (χ4v) is 9.82. The zero-order valence-electron chi connectivity index (χ0n) is 41.9. The van der Waals surface area contributed by atoms with Gasteiger partial charge in [0, 0.05) is 6.42 Å². The van der Waals surface area contributed by atoms with Crippen LogP contribution in [0.1, 0.15) is 150 Å². The molecule has 2 aromatic rings. The number of alkyl halides is 7. The maximum Gasteiger partial charge on any atom is 0.588 e. The van der Waals surface area contributed by atoms with E-state index in [0.717, 1.165) is 64.2 Å². The van der Waals surface area contributed by atoms with Crippen LogP contribution in [0.4, 0.5) is 9.59 Å². The highest BCUT2D eigenvalue weighted by atomic mass is 79.9. The summed E-state index contributed by atoms with van der Waals surface area (Å²) in [6.45, 7) is 5.54. The van der Waals surface area contributed by atoms with Crippen molar-refractivity contribution in [1.29, 1.82) is 0 Å². The smallest absolute Gasteiger partial charge is 0.462 e. The van der Waals surface area contributed by atoms with Gasteiger partial charge < -0.3 is 42.8 Å². The number of esters is 2. The van der Waals surface area contributed by atoms with Crippen molar-refractivity contribution in [2.45, 2.75) is 198 Å². The third kappa shape index (κ3) is 26.7. The highest BCUT2D eigenvalue weighted by Crippen LogP contribution is 2.53. The summed E-state index contributed by atoms with van der Waals surface area (Å²) in [5.41, 5.74) is -1.71. The number of alkyl carbamates (subject to hydrolysis) is 1. The summed E-state index contributed by atoms with van der Waals surface area (Å²) in [5, 5.41) is 1.24. The molecule has 23 heteroatoms. The lowest BCUT2D eigenvalue weighted by Crippen LogP contribution is -2.64. The normalized spacial score (nSPS) is 18.8. The van der Waals surface area contributed by atoms with Gasteiger partial charge >= 0.3 is 32.0 Å². The predicted molar refractivity (Wildman–Crippen MR) is 288 cm³/mol. The van der Waals surface area contributed by atoms with Crippen LogP contribution in [0, 0.1) is 0 Å². The van der Waals surface area contributed by atoms with Crippen molar-refractivity contribution in [3.63, 3.8) is 0 Å². The van der Waals surface area contributed by atoms with Crippen molar-refractivity contribution in [2.75, 3.05) is 13.2 Å². The monoisotopic (exact) mass is 1230 g/mol. The number of carbonyl (C=O) groups excluding carboxylic acids is 4. The molecule has 1 heterocycles. The van der Waals surface area contributed by atoms with Crippen LogP contribution in [0.2, 0.25) is 0 Å². The van der Waals surface area contributed by atoms with Crippen LogP contribution in [0.5, 0.6) is 11.5 Å². The largest absolute Gasteiger partial charge is 0.588 e. The van der Waals surface area contributed by atoms with Crippen molar-refractivity contribution >= 4 is 118 Å². The summed E-state index contributed by atoms with van der Waals surface area (Å²) >= 11 is 39.2. The number of halogens is 7. The van der Waals surface area contributed by atoms with Gasteiger partial charge in [-0.3, -0.25) is 14.1 Å². The number of hydrogen-bond donors (Lipinski definition) is 1. The number of phosphoric ester groups is 1. The standard InChI is InChI=1S/C50H71BrCl6NO14P/c1-5-7-9-11-13-14-16-17-21-31-38(66-40(59)32-26-18-15-12-10-8-6-2)33-41(60)68-44-42(58-46(61)65-35-49(52,53)54)45(51)67-39(34-64-47(62)69-48(3,4)50(55,56)57)43(44)72-73(63,70-36-27-22-19-23-28-36)71-37-29-24-20-25-30-37/h19-20,22-25,27-30,38-39,42-45H,5-18,21,26,31-35H2,1-4H3,(H,58,61)/t38-,39-,42+,43-,44-,45+/m1/s1. The topological polar surface area (TPSA) is 180 Å². The zero-order chi connectivity index (χ0) is 53.9. The van der Waals surface area contributed by atoms with E-state index in [2.05, 4.69) is 35.1 Å². The molecule has 0 spiro atoms. The molecule has 15 nitrogen and oxygen atoms in total. The summed E-state index contributed by atoms with van der Waals surface area (Å²) in [6.07, 6.45) is 8.04. The Hall–Kier alpha value is -2.11. The Bertz CT molecular complexity index is 1920. The van der Waals surface area contributed by atoms with Crippen LogP contribution in [0.3, 0.4) is 0 Å². The molecular weight excluding hydrogens is 1160 g/mol. The minimum atomic E-state index is -4.95. The van der Waals surface area contributed by atoms with Gasteiger partial charge in [0.15, 0.2) is 11.7 Å². The molecule has 2 aromatic carbocycles. The Morgan fingerprint density at radius 3 is 1.71 bits per heavy atom. The molecule has 1 saturated heterocycles. The first-order chi connectivity index (χ1) is 34.5. The highest BCUT2D eigenvalue weighted by molar-refractivity contribution is 9.09. The van der Waals surface area contributed by atoms with Gasteiger partial charge in [-0.2, -0.15) is 0 Å². The van der Waals surface area contributed by atoms with Crippen LogP contribution < -0.4 is 14.4 Å². The van der Waals surface area contributed by atoms with Crippen LogP contribution in [-0.4, -0.2) is 86.1 Å². The molecule has 1 N–H and O–H groups in total. The van der Waals surface area contributed by atoms with Crippen LogP contribution in [0.25, 0.3) is 0 Å². The third-order valence-electron chi connectivity index (χ3n) is 11.4. The molecule has 1 aliphatic heterocycles. The van der Waals surface area contributed by atoms with Gasteiger partial charge in [0.2, 0.25) is 7.59 Å². The molecule has 73 heavy (non-hydrogen) atoms. The predicted octanol–water partition coefficient (Wildman–Crippen LogP) is 15.8. The van der Waals surface area contributed by atoms with Crippen LogP contribution in [-0.2, 0) is 47.1 Å². The van der Waals surface area contributed by atoms with Gasteiger partial charge in [-0.1, -0.05) is 226 Å². The Kier molecular flexibility index (Phi) is 30.3. The molecule has 0 radical (unpaired) electrons. The molecule has 1 aliphatic rings. The van der Waals surface area contributed by atoms with Gasteiger partial charge in [0.1, 0.15) is 54.1 Å². The molecule has 0 aromatic heterocycles. The van der Waals surface area contributed by atoms with Crippen molar-refractivity contribution in [3.05, 3.63) is 60.7 Å². The molecule has 0 saturated carbocycles. The molecule has 3 rings (SSSR count). The Morgan fingerprint density at radius 2 is 1.21 bits per heavy atom. The van der Waals surface area contributed by atoms with Crippen molar-refractivity contribution < 1.29 is 65.7 Å². The second-order valence-corrected chi connectivity index (χ2v) is 25.3. The number of ether oxygens (including phenoxy) is 6. The van der Waals surface area contributed by atoms with E-state index in [4.69, 9.17) is 112 Å². The lowest BCUT2D eigenvalue weighted by atomic mass is 9.97. The molecule has 0 unspecified atom stereocenters. The van der Waals surface area contributed by atoms with E-state index in [1.165, 1.54) is 63.8 Å². The molecule has 414 valence electrons. The van der Waals surface area contributed by atoms with E-state index in [9.17, 15) is 19.2 Å². The minimum Gasteiger partial charge on any atom is -0.462 e. The van der Waals surface area contributed by atoms with E-state index < -0.39 is 100 Å². The second kappa shape index (κ2) is 33.9. The summed E-state index contributed by atoms with van der Waals surface area (Å²) in [5.74, 6) is -1.29. The first-order valence-corrected chi connectivity index (χ1v) is 29.6. The number of benzene rings is 2. The van der Waals surface area contributed by atoms with Gasteiger partial charge in [0.05, 0.1) is 6.42 Å². The average Bonchev–Trinajstić information content (AvgIpc) is 3.31. The first-order valence-electron chi connectivity index (χ1n) is 24.9. The number of unbranched alkanes of at least 4 members (excludes halogenated alkanes) is 14. The SMILES string of the molecule is CCCCCCCCCCC[C@H](CC(=O)O[C@@H]1[C@H](NC(=O)OCC(Cl)(Cl)Cl)[C@@H](Br)O[C@H](COC(=O)OC(C)(C)C(Cl)(Cl)Cl)[C@H]1OP(=O)(Oc1ccccc1)Oc1ccccc1)OC(=O)CCCCCCCCC. The molecule has 0 bridgehead atoms. The molecular formula is C50H71BrCl6NO14P. The molecule has 0 aliphatic carbocycles. The minimum absolute atomic E-state index is 0.0401. The van der Waals surface area contributed by atoms with Crippen molar-refractivity contribution in [1.82, 2.24) is 5.32 Å². The lowest BCUT2D eigenvalue weighted by Gasteiger charge is -2.44. The number of carbonyl (C=O) groups is 4. The summed E-state index contributed by atoms with van der Waals surface area (Å²) in [4.78, 5) is 54.4. The quantitative estimate of drug-likeness (QED) is 0.0234. The van der Waals surface area contributed by atoms with Crippen molar-refractivity contribution in [2.24, 2.45) is 0 Å². The lowest BCUT2D eigenvalue weighted by molar-refractivity contribution is -0.194. The number of para-hydroxylation sites is 2. The van der Waals surface area contributed by atoms with E-state index in [1.807, 2.05) is 0 Å². The second-order valence-electron chi connectivity index (χ2n) is 18.1. The van der Waals surface area contributed by atoms with E-state index in [1.54, 1.807) is 36.4 Å². The Morgan fingerprint density at radius 1 is 0.699 bits per heavy atom. The maximum absolute atomic E-state index is 15.1. The fourth-order valence-electron chi connectivity index (χ4n) is 7.39. The number of rotatable bonds is 33. The summed E-state index contributed by atoms with van der Waals surface area (Å²) in [7, 11) is -4.95. The van der Waals surface area contributed by atoms with Crippen LogP contribution >= 0.6 is 93.4 Å². The molecule has 6 atom stereocenters. The number of phosphoric acid groups is 1. The van der Waals surface area contributed by atoms with E-state index in [-0.39, 0.29) is 17.9 Å². The molecule has 1 fully saturated rings. The third-order valence-corrected chi connectivity index (χ3v) is 15.3. The van der Waals surface area contributed by atoms with Gasteiger partial charge in [-0.25, -0.2) is 14.2 Å². The van der Waals surface area contributed by atoms with E-state index in [0.29, 0.717) is 19.3 Å². The van der Waals surface area contributed by atoms with E-state index >= 15 is 4.57 Å². The van der Waals surface area contributed by atoms with Crippen LogP contribution in [0.15, 0.2) is 60.7 Å². The first kappa shape index (κ1) is 65.2. The Labute approximate surface area is 469 Å². The Balaban J connectivity index is 2.05.